The van der Waals surface area contributed by atoms with Crippen molar-refractivity contribution in [3.05, 3.63) is 29.8 Å². The Morgan fingerprint density at radius 1 is 1.33 bits per heavy atom. The molecule has 2 aliphatic rings. The van der Waals surface area contributed by atoms with Gasteiger partial charge >= 0.3 is 5.97 Å². The monoisotopic (exact) mass is 309 g/mol. The van der Waals surface area contributed by atoms with Crippen LogP contribution in [0.5, 0.6) is 0 Å². The fourth-order valence-electron chi connectivity index (χ4n) is 2.69. The molecular weight excluding hydrogens is 290 g/mol. The quantitative estimate of drug-likeness (QED) is 0.838. The van der Waals surface area contributed by atoms with Gasteiger partial charge in [0.1, 0.15) is 0 Å². The highest BCUT2D eigenvalue weighted by Gasteiger charge is 2.51. The second kappa shape index (κ2) is 4.81. The maximum atomic E-state index is 12.2. The van der Waals surface area contributed by atoms with Gasteiger partial charge in [0.25, 0.3) is 0 Å². The number of sulfonamides is 1. The number of carboxylic acid groups (broad SMARTS) is 1. The predicted molar refractivity (Wildman–Crippen MR) is 77.4 cm³/mol. The van der Waals surface area contributed by atoms with Crippen LogP contribution in [0.25, 0.3) is 0 Å². The summed E-state index contributed by atoms with van der Waals surface area (Å²) >= 11 is 0. The Labute approximate surface area is 124 Å². The third-order valence-corrected chi connectivity index (χ3v) is 6.13. The number of nitrogens with one attached hydrogen (secondary N) is 1. The zero-order chi connectivity index (χ0) is 15.3. The van der Waals surface area contributed by atoms with Crippen LogP contribution in [0.3, 0.4) is 0 Å². The molecule has 5 nitrogen and oxygen atoms in total. The van der Waals surface area contributed by atoms with E-state index in [1.807, 2.05) is 0 Å². The summed E-state index contributed by atoms with van der Waals surface area (Å²) < 4.78 is 26.9. The van der Waals surface area contributed by atoms with Crippen molar-refractivity contribution in [2.24, 2.45) is 11.8 Å². The van der Waals surface area contributed by atoms with E-state index in [4.69, 9.17) is 0 Å². The molecule has 0 heterocycles. The van der Waals surface area contributed by atoms with Crippen LogP contribution in [0.15, 0.2) is 29.2 Å². The van der Waals surface area contributed by atoms with Crippen molar-refractivity contribution in [2.75, 3.05) is 6.54 Å². The van der Waals surface area contributed by atoms with Gasteiger partial charge in [0, 0.05) is 6.54 Å². The molecule has 2 N–H and O–H groups in total. The summed E-state index contributed by atoms with van der Waals surface area (Å²) in [6.45, 7) is 2.58. The number of rotatable bonds is 6. The van der Waals surface area contributed by atoms with E-state index in [0.717, 1.165) is 6.42 Å². The molecule has 114 valence electrons. The largest absolute Gasteiger partial charge is 0.481 e. The molecule has 2 saturated carbocycles. The van der Waals surface area contributed by atoms with Crippen molar-refractivity contribution in [1.29, 1.82) is 0 Å². The Morgan fingerprint density at radius 2 is 1.90 bits per heavy atom. The molecule has 0 spiro atoms. The van der Waals surface area contributed by atoms with Gasteiger partial charge in [0.05, 0.1) is 10.3 Å². The van der Waals surface area contributed by atoms with Gasteiger partial charge in [-0.15, -0.1) is 0 Å². The summed E-state index contributed by atoms with van der Waals surface area (Å²) in [5, 5.41) is 9.23. The lowest BCUT2D eigenvalue weighted by Crippen LogP contribution is -2.26. The van der Waals surface area contributed by atoms with Crippen LogP contribution in [-0.4, -0.2) is 26.0 Å². The summed E-state index contributed by atoms with van der Waals surface area (Å²) in [6, 6.07) is 6.23. The molecule has 2 atom stereocenters. The van der Waals surface area contributed by atoms with Crippen LogP contribution in [0.1, 0.15) is 31.7 Å². The molecule has 1 aromatic rings. The van der Waals surface area contributed by atoms with Gasteiger partial charge in [-0.3, -0.25) is 4.79 Å². The minimum atomic E-state index is -3.50. The van der Waals surface area contributed by atoms with Crippen LogP contribution >= 0.6 is 0 Å². The average molecular weight is 309 g/mol. The molecule has 0 amide bonds. The van der Waals surface area contributed by atoms with Crippen molar-refractivity contribution in [3.8, 4) is 0 Å². The third kappa shape index (κ3) is 2.70. The summed E-state index contributed by atoms with van der Waals surface area (Å²) in [5.74, 6) is 0.208. The highest BCUT2D eigenvalue weighted by Crippen LogP contribution is 2.48. The van der Waals surface area contributed by atoms with Gasteiger partial charge in [-0.1, -0.05) is 19.1 Å². The second-order valence-electron chi connectivity index (χ2n) is 6.24. The minimum Gasteiger partial charge on any atom is -0.481 e. The standard InChI is InChI=1S/C15H19NO4S/c1-10-8-11(10)9-16-21(19,20)13-4-2-12(3-5-13)15(6-7-15)14(17)18/h2-5,10-11,16H,6-9H2,1H3,(H,17,18). The number of hydrogen-bond donors (Lipinski definition) is 2. The first-order chi connectivity index (χ1) is 9.85. The Bertz CT molecular complexity index is 661. The molecule has 2 unspecified atom stereocenters. The van der Waals surface area contributed by atoms with E-state index < -0.39 is 21.4 Å². The van der Waals surface area contributed by atoms with E-state index in [1.54, 1.807) is 12.1 Å². The predicted octanol–water partition coefficient (Wildman–Crippen LogP) is 1.74. The molecular formula is C15H19NO4S. The van der Waals surface area contributed by atoms with Gasteiger partial charge < -0.3 is 5.11 Å². The summed E-state index contributed by atoms with van der Waals surface area (Å²) in [6.07, 6.45) is 2.31. The van der Waals surface area contributed by atoms with E-state index in [0.29, 0.717) is 36.8 Å². The lowest BCUT2D eigenvalue weighted by atomic mass is 9.96. The number of carboxylic acids is 1. The zero-order valence-electron chi connectivity index (χ0n) is 11.9. The number of aliphatic carboxylic acids is 1. The van der Waals surface area contributed by atoms with Crippen LogP contribution in [0.4, 0.5) is 0 Å². The van der Waals surface area contributed by atoms with Crippen molar-refractivity contribution in [3.63, 3.8) is 0 Å². The van der Waals surface area contributed by atoms with E-state index in [-0.39, 0.29) is 4.90 Å². The molecule has 21 heavy (non-hydrogen) atoms. The molecule has 1 aromatic carbocycles. The first-order valence-corrected chi connectivity index (χ1v) is 8.67. The Morgan fingerprint density at radius 3 is 2.33 bits per heavy atom. The molecule has 0 aliphatic heterocycles. The summed E-state index contributed by atoms with van der Waals surface area (Å²) in [7, 11) is -3.50. The molecule has 6 heteroatoms. The van der Waals surface area contributed by atoms with Gasteiger partial charge in [-0.2, -0.15) is 0 Å². The topological polar surface area (TPSA) is 83.5 Å². The van der Waals surface area contributed by atoms with Gasteiger partial charge in [-0.05, 0) is 48.8 Å². The zero-order valence-corrected chi connectivity index (χ0v) is 12.7. The highest BCUT2D eigenvalue weighted by atomic mass is 32.2. The van der Waals surface area contributed by atoms with Crippen LogP contribution < -0.4 is 4.72 Å². The lowest BCUT2D eigenvalue weighted by molar-refractivity contribution is -0.140. The molecule has 0 radical (unpaired) electrons. The summed E-state index contributed by atoms with van der Waals surface area (Å²) in [4.78, 5) is 11.4. The maximum Gasteiger partial charge on any atom is 0.314 e. The van der Waals surface area contributed by atoms with Crippen molar-refractivity contribution < 1.29 is 18.3 Å². The van der Waals surface area contributed by atoms with E-state index in [2.05, 4.69) is 11.6 Å². The van der Waals surface area contributed by atoms with Crippen molar-refractivity contribution in [2.45, 2.75) is 36.5 Å². The Hall–Kier alpha value is -1.40. The van der Waals surface area contributed by atoms with Crippen LogP contribution in [-0.2, 0) is 20.2 Å². The maximum absolute atomic E-state index is 12.2. The van der Waals surface area contributed by atoms with E-state index in [1.165, 1.54) is 12.1 Å². The third-order valence-electron chi connectivity index (χ3n) is 4.69. The van der Waals surface area contributed by atoms with Crippen LogP contribution in [0, 0.1) is 11.8 Å². The molecule has 0 saturated heterocycles. The van der Waals surface area contributed by atoms with Gasteiger partial charge in [0.15, 0.2) is 0 Å². The SMILES string of the molecule is CC1CC1CNS(=O)(=O)c1ccc(C2(C(=O)O)CC2)cc1. The lowest BCUT2D eigenvalue weighted by Gasteiger charge is -2.11. The van der Waals surface area contributed by atoms with Crippen molar-refractivity contribution >= 4 is 16.0 Å². The van der Waals surface area contributed by atoms with Crippen LogP contribution in [0.2, 0.25) is 0 Å². The summed E-state index contributed by atoms with van der Waals surface area (Å²) in [5.41, 5.74) is -0.108. The Kier molecular flexibility index (Phi) is 3.33. The molecule has 2 aliphatic carbocycles. The van der Waals surface area contributed by atoms with Gasteiger partial charge in [-0.25, -0.2) is 13.1 Å². The number of carbonyl (C=O) groups is 1. The normalized spacial score (nSPS) is 26.3. The first kappa shape index (κ1) is 14.5. The van der Waals surface area contributed by atoms with E-state index in [9.17, 15) is 18.3 Å². The van der Waals surface area contributed by atoms with E-state index >= 15 is 0 Å². The second-order valence-corrected chi connectivity index (χ2v) is 8.00. The Balaban J connectivity index is 1.73. The van der Waals surface area contributed by atoms with Gasteiger partial charge in [0.2, 0.25) is 10.0 Å². The average Bonchev–Trinajstić information content (AvgIpc) is 3.33. The number of hydrogen-bond acceptors (Lipinski definition) is 3. The molecule has 0 bridgehead atoms. The van der Waals surface area contributed by atoms with Crippen molar-refractivity contribution in [1.82, 2.24) is 4.72 Å². The molecule has 0 aromatic heterocycles. The smallest absolute Gasteiger partial charge is 0.314 e. The number of benzene rings is 1. The first-order valence-electron chi connectivity index (χ1n) is 7.19. The fraction of sp³-hybridized carbons (Fsp3) is 0.533. The minimum absolute atomic E-state index is 0.195. The molecule has 2 fully saturated rings. The highest BCUT2D eigenvalue weighted by molar-refractivity contribution is 7.89. The molecule has 3 rings (SSSR count). The fourth-order valence-corrected chi connectivity index (χ4v) is 3.78.